The van der Waals surface area contributed by atoms with Crippen molar-refractivity contribution in [2.24, 2.45) is 0 Å². The number of carbonyl (C=O) groups excluding carboxylic acids is 1. The first kappa shape index (κ1) is 26.5. The first-order valence-corrected chi connectivity index (χ1v) is 13.9. The van der Waals surface area contributed by atoms with Crippen LogP contribution in [-0.4, -0.2) is 75.5 Å². The van der Waals surface area contributed by atoms with Gasteiger partial charge in [0.1, 0.15) is 17.7 Å². The Hall–Kier alpha value is -3.12. The molecule has 0 spiro atoms. The number of amides is 1. The second-order valence-electron chi connectivity index (χ2n) is 9.92. The van der Waals surface area contributed by atoms with Crippen LogP contribution in [0.4, 0.5) is 5.82 Å². The average Bonchev–Trinajstić information content (AvgIpc) is 3.48. The van der Waals surface area contributed by atoms with Crippen LogP contribution >= 0.6 is 23.2 Å². The Morgan fingerprint density at radius 1 is 1.16 bits per heavy atom. The van der Waals surface area contributed by atoms with Gasteiger partial charge in [-0.3, -0.25) is 9.69 Å². The van der Waals surface area contributed by atoms with Gasteiger partial charge >= 0.3 is 0 Å². The van der Waals surface area contributed by atoms with Gasteiger partial charge in [-0.25, -0.2) is 9.97 Å². The zero-order valence-electron chi connectivity index (χ0n) is 21.4. The molecule has 2 saturated heterocycles. The number of carbonyl (C=O) groups is 1. The van der Waals surface area contributed by atoms with E-state index in [2.05, 4.69) is 32.8 Å². The first-order chi connectivity index (χ1) is 18.5. The molecule has 2 aromatic heterocycles. The number of likely N-dealkylation sites (tertiary alicyclic amines) is 1. The van der Waals surface area contributed by atoms with Gasteiger partial charge in [-0.05, 0) is 43.5 Å². The molecule has 2 fully saturated rings. The number of anilines is 1. The average molecular weight is 553 g/mol. The number of nitrogens with zero attached hydrogens (tertiary/aromatic N) is 6. The maximum atomic E-state index is 13.2. The summed E-state index contributed by atoms with van der Waals surface area (Å²) in [5, 5.41) is 10.5. The van der Waals surface area contributed by atoms with Crippen LogP contribution in [0.1, 0.15) is 48.5 Å². The number of rotatable bonds is 6. The molecule has 0 unspecified atom stereocenters. The number of H-pyrrole nitrogens is 1. The molecule has 10 heteroatoms. The minimum Gasteiger partial charge on any atom is -0.353 e. The molecule has 4 heterocycles. The lowest BCUT2D eigenvalue weighted by molar-refractivity contribution is 0.0481. The van der Waals surface area contributed by atoms with Crippen LogP contribution in [0.15, 0.2) is 42.9 Å². The Morgan fingerprint density at radius 2 is 1.97 bits per heavy atom. The fourth-order valence-electron chi connectivity index (χ4n) is 5.72. The van der Waals surface area contributed by atoms with E-state index in [4.69, 9.17) is 28.2 Å². The summed E-state index contributed by atoms with van der Waals surface area (Å²) in [7, 11) is 0. The Kier molecular flexibility index (Phi) is 8.18. The zero-order chi connectivity index (χ0) is 26.6. The number of hydrogen-bond donors (Lipinski definition) is 1. The molecule has 0 saturated carbocycles. The van der Waals surface area contributed by atoms with Crippen LogP contribution in [0, 0.1) is 11.3 Å². The Labute approximate surface area is 233 Å². The van der Waals surface area contributed by atoms with E-state index in [0.717, 1.165) is 62.5 Å². The molecule has 0 aliphatic carbocycles. The zero-order valence-corrected chi connectivity index (χ0v) is 22.9. The van der Waals surface area contributed by atoms with Crippen LogP contribution in [0.3, 0.4) is 0 Å². The van der Waals surface area contributed by atoms with Crippen molar-refractivity contribution in [2.45, 2.75) is 44.7 Å². The summed E-state index contributed by atoms with van der Waals surface area (Å²) in [5.41, 5.74) is 1.62. The van der Waals surface area contributed by atoms with Crippen molar-refractivity contribution in [1.82, 2.24) is 24.8 Å². The molecule has 1 amide bonds. The first-order valence-electron chi connectivity index (χ1n) is 13.1. The third kappa shape index (κ3) is 5.51. The van der Waals surface area contributed by atoms with E-state index in [1.807, 2.05) is 17.2 Å². The number of piperidine rings is 1. The molecule has 1 N–H and O–H groups in total. The van der Waals surface area contributed by atoms with Crippen molar-refractivity contribution in [3.63, 3.8) is 0 Å². The molecule has 198 valence electrons. The molecular weight excluding hydrogens is 521 g/mol. The second kappa shape index (κ2) is 11.7. The fraction of sp³-hybridized carbons (Fsp3) is 0.429. The van der Waals surface area contributed by atoms with E-state index >= 15 is 0 Å². The summed E-state index contributed by atoms with van der Waals surface area (Å²) in [6, 6.07) is 9.73. The number of hydrogen-bond acceptors (Lipinski definition) is 6. The van der Waals surface area contributed by atoms with Gasteiger partial charge in [0.05, 0.1) is 16.1 Å². The quantitative estimate of drug-likeness (QED) is 0.450. The highest BCUT2D eigenvalue weighted by molar-refractivity contribution is 6.33. The largest absolute Gasteiger partial charge is 0.353 e. The Balaban J connectivity index is 1.23. The molecule has 2 aliphatic heterocycles. The molecule has 38 heavy (non-hydrogen) atoms. The minimum atomic E-state index is -0.0923. The summed E-state index contributed by atoms with van der Waals surface area (Å²) < 4.78 is 0. The number of nitriles is 1. The van der Waals surface area contributed by atoms with Gasteiger partial charge in [0.15, 0.2) is 0 Å². The van der Waals surface area contributed by atoms with Crippen LogP contribution in [0.25, 0.3) is 11.4 Å². The van der Waals surface area contributed by atoms with Crippen LogP contribution < -0.4 is 4.90 Å². The standard InChI is InChI=1S/C28H31Cl2N7O/c1-2-3-23-18-36(27-25(30)15-20(17-34-27)26-32-8-9-33-26)12-13-37(23)22-6-10-35(11-7-22)28(38)24-5-4-21(29)14-19(24)16-31/h4-5,8-9,14-15,17,22-23H,2-3,6-7,10-13,18H2,1H3,(H,32,33)/t23-/m0/s1. The molecule has 3 aromatic rings. The summed E-state index contributed by atoms with van der Waals surface area (Å²) in [6.07, 6.45) is 9.34. The van der Waals surface area contributed by atoms with Crippen molar-refractivity contribution < 1.29 is 4.79 Å². The van der Waals surface area contributed by atoms with Gasteiger partial charge in [0.2, 0.25) is 0 Å². The van der Waals surface area contributed by atoms with Crippen molar-refractivity contribution >= 4 is 34.9 Å². The number of halogens is 2. The summed E-state index contributed by atoms with van der Waals surface area (Å²) in [6.45, 7) is 6.23. The topological polar surface area (TPSA) is 92.2 Å². The SMILES string of the molecule is CCC[C@H]1CN(c2ncc(-c3ncc[nH]3)cc2Cl)CCN1C1CCN(C(=O)c2ccc(Cl)cc2C#N)CC1. The van der Waals surface area contributed by atoms with Gasteiger partial charge in [-0.15, -0.1) is 0 Å². The molecule has 1 aromatic carbocycles. The van der Waals surface area contributed by atoms with Crippen LogP contribution in [0.2, 0.25) is 10.0 Å². The van der Waals surface area contributed by atoms with Crippen molar-refractivity contribution in [2.75, 3.05) is 37.6 Å². The second-order valence-corrected chi connectivity index (χ2v) is 10.8. The molecule has 1 atom stereocenters. The highest BCUT2D eigenvalue weighted by Crippen LogP contribution is 2.32. The van der Waals surface area contributed by atoms with E-state index in [0.29, 0.717) is 46.3 Å². The third-order valence-corrected chi connectivity index (χ3v) is 8.11. The highest BCUT2D eigenvalue weighted by atomic mass is 35.5. The number of pyridine rings is 1. The van der Waals surface area contributed by atoms with Crippen molar-refractivity contribution in [1.29, 1.82) is 5.26 Å². The van der Waals surface area contributed by atoms with Gasteiger partial charge in [-0.2, -0.15) is 5.26 Å². The van der Waals surface area contributed by atoms with Crippen molar-refractivity contribution in [3.8, 4) is 17.5 Å². The van der Waals surface area contributed by atoms with E-state index in [1.165, 1.54) is 0 Å². The summed E-state index contributed by atoms with van der Waals surface area (Å²) in [5.74, 6) is 1.48. The van der Waals surface area contributed by atoms with Gasteiger partial charge in [-0.1, -0.05) is 36.5 Å². The molecular formula is C28H31Cl2N7O. The predicted molar refractivity (Wildman–Crippen MR) is 150 cm³/mol. The van der Waals surface area contributed by atoms with E-state index in [1.54, 1.807) is 30.6 Å². The van der Waals surface area contributed by atoms with Crippen LogP contribution in [-0.2, 0) is 0 Å². The lowest BCUT2D eigenvalue weighted by Crippen LogP contribution is -2.59. The smallest absolute Gasteiger partial charge is 0.255 e. The fourth-order valence-corrected chi connectivity index (χ4v) is 6.17. The summed E-state index contributed by atoms with van der Waals surface area (Å²) in [4.78, 5) is 32.1. The number of piperazine rings is 1. The monoisotopic (exact) mass is 551 g/mol. The molecule has 2 aliphatic rings. The molecule has 8 nitrogen and oxygen atoms in total. The molecule has 5 rings (SSSR count). The van der Waals surface area contributed by atoms with E-state index in [-0.39, 0.29) is 5.91 Å². The normalized spacial score (nSPS) is 18.9. The van der Waals surface area contributed by atoms with E-state index < -0.39 is 0 Å². The number of imidazole rings is 1. The van der Waals surface area contributed by atoms with E-state index in [9.17, 15) is 10.1 Å². The summed E-state index contributed by atoms with van der Waals surface area (Å²) >= 11 is 12.7. The number of nitrogens with one attached hydrogen (secondary N) is 1. The van der Waals surface area contributed by atoms with Gasteiger partial charge in [0, 0.05) is 74.0 Å². The molecule has 0 bridgehead atoms. The highest BCUT2D eigenvalue weighted by Gasteiger charge is 2.35. The lowest BCUT2D eigenvalue weighted by Gasteiger charge is -2.48. The minimum absolute atomic E-state index is 0.0923. The van der Waals surface area contributed by atoms with Gasteiger partial charge < -0.3 is 14.8 Å². The van der Waals surface area contributed by atoms with Gasteiger partial charge in [0.25, 0.3) is 5.91 Å². The Bertz CT molecular complexity index is 1320. The number of aromatic nitrogens is 3. The number of aromatic amines is 1. The lowest BCUT2D eigenvalue weighted by atomic mass is 9.96. The maximum Gasteiger partial charge on any atom is 0.255 e. The molecule has 0 radical (unpaired) electrons. The third-order valence-electron chi connectivity index (χ3n) is 7.60. The van der Waals surface area contributed by atoms with Crippen LogP contribution in [0.5, 0.6) is 0 Å². The predicted octanol–water partition coefficient (Wildman–Crippen LogP) is 5.25. The Morgan fingerprint density at radius 3 is 2.66 bits per heavy atom. The number of benzene rings is 1. The van der Waals surface area contributed by atoms with Crippen molar-refractivity contribution in [3.05, 3.63) is 64.0 Å². The maximum absolute atomic E-state index is 13.2.